The van der Waals surface area contributed by atoms with Crippen LogP contribution < -0.4 is 14.8 Å². The lowest BCUT2D eigenvalue weighted by Crippen LogP contribution is -2.39. The molecule has 1 N–H and O–H groups in total. The molecule has 2 aromatic carbocycles. The van der Waals surface area contributed by atoms with Gasteiger partial charge in [-0.25, -0.2) is 13.2 Å². The summed E-state index contributed by atoms with van der Waals surface area (Å²) < 4.78 is 39.0. The van der Waals surface area contributed by atoms with Crippen molar-refractivity contribution in [2.45, 2.75) is 11.0 Å². The number of carbonyl (C=O) groups is 2. The highest BCUT2D eigenvalue weighted by atomic mass is 32.2. The largest absolute Gasteiger partial charge is 0.485 e. The molecule has 0 unspecified atom stereocenters. The van der Waals surface area contributed by atoms with Crippen molar-refractivity contribution in [1.82, 2.24) is 0 Å². The van der Waals surface area contributed by atoms with E-state index >= 15 is 0 Å². The summed E-state index contributed by atoms with van der Waals surface area (Å²) in [6.45, 7) is -0.558. The van der Waals surface area contributed by atoms with Crippen LogP contribution in [0.5, 0.6) is 11.5 Å². The average molecular weight is 391 g/mol. The lowest BCUT2D eigenvalue weighted by Gasteiger charge is -2.24. The Hall–Kier alpha value is -3.07. The van der Waals surface area contributed by atoms with Gasteiger partial charge in [0, 0.05) is 11.9 Å². The fraction of sp³-hybridized carbons (Fsp3) is 0.222. The number of nitrogens with one attached hydrogen (secondary N) is 1. The number of hydrogen-bond acceptors (Lipinski definition) is 7. The van der Waals surface area contributed by atoms with E-state index in [1.807, 2.05) is 0 Å². The number of para-hydroxylation sites is 2. The Balaban J connectivity index is 1.53. The molecule has 8 nitrogen and oxygen atoms in total. The van der Waals surface area contributed by atoms with Crippen LogP contribution in [0.4, 0.5) is 5.69 Å². The summed E-state index contributed by atoms with van der Waals surface area (Å²) >= 11 is 0. The Labute approximate surface area is 156 Å². The topological polar surface area (TPSA) is 108 Å². The third kappa shape index (κ3) is 4.76. The van der Waals surface area contributed by atoms with Gasteiger partial charge in [0.1, 0.15) is 6.61 Å². The van der Waals surface area contributed by atoms with Crippen LogP contribution in [-0.4, -0.2) is 45.9 Å². The Morgan fingerprint density at radius 3 is 2.63 bits per heavy atom. The Morgan fingerprint density at radius 2 is 1.89 bits per heavy atom. The van der Waals surface area contributed by atoms with E-state index in [9.17, 15) is 18.0 Å². The molecule has 1 aliphatic rings. The number of benzene rings is 2. The maximum absolute atomic E-state index is 12.1. The zero-order valence-electron chi connectivity index (χ0n) is 14.4. The van der Waals surface area contributed by atoms with Crippen LogP contribution in [0.1, 0.15) is 0 Å². The lowest BCUT2D eigenvalue weighted by molar-refractivity contribution is -0.156. The first-order valence-corrected chi connectivity index (χ1v) is 9.87. The van der Waals surface area contributed by atoms with E-state index in [2.05, 4.69) is 5.32 Å². The van der Waals surface area contributed by atoms with Gasteiger partial charge in [0.25, 0.3) is 5.91 Å². The summed E-state index contributed by atoms with van der Waals surface area (Å²) in [5.74, 6) is -0.381. The molecule has 1 aliphatic heterocycles. The molecule has 142 valence electrons. The zero-order valence-corrected chi connectivity index (χ0v) is 15.2. The molecule has 9 heteroatoms. The van der Waals surface area contributed by atoms with Gasteiger partial charge in [-0.1, -0.05) is 18.2 Å². The Bertz CT molecular complexity index is 971. The van der Waals surface area contributed by atoms with Crippen molar-refractivity contribution in [3.63, 3.8) is 0 Å². The molecule has 0 bridgehead atoms. The van der Waals surface area contributed by atoms with Gasteiger partial charge in [-0.2, -0.15) is 0 Å². The molecule has 2 aromatic rings. The van der Waals surface area contributed by atoms with E-state index in [1.54, 1.807) is 24.3 Å². The van der Waals surface area contributed by atoms with Gasteiger partial charge < -0.3 is 19.5 Å². The molecule has 1 amide bonds. The molecule has 0 fully saturated rings. The molecular formula is C18H17NO7S. The van der Waals surface area contributed by atoms with Gasteiger partial charge >= 0.3 is 5.97 Å². The molecule has 3 rings (SSSR count). The summed E-state index contributed by atoms with van der Waals surface area (Å²) in [6, 6.07) is 12.7. The summed E-state index contributed by atoms with van der Waals surface area (Å²) in [4.78, 5) is 24.1. The Morgan fingerprint density at radius 1 is 1.15 bits per heavy atom. The van der Waals surface area contributed by atoms with E-state index in [0.717, 1.165) is 6.26 Å². The monoisotopic (exact) mass is 391 g/mol. The van der Waals surface area contributed by atoms with Gasteiger partial charge in [-0.3, -0.25) is 4.79 Å². The van der Waals surface area contributed by atoms with Crippen molar-refractivity contribution in [1.29, 1.82) is 0 Å². The maximum atomic E-state index is 12.1. The predicted molar refractivity (Wildman–Crippen MR) is 95.5 cm³/mol. The van der Waals surface area contributed by atoms with Gasteiger partial charge in [0.05, 0.1) is 4.90 Å². The zero-order chi connectivity index (χ0) is 19.4. The van der Waals surface area contributed by atoms with Crippen molar-refractivity contribution < 1.29 is 32.2 Å². The molecular weight excluding hydrogens is 374 g/mol. The molecule has 0 radical (unpaired) electrons. The number of hydrogen-bond donors (Lipinski definition) is 1. The lowest BCUT2D eigenvalue weighted by atomic mass is 10.2. The van der Waals surface area contributed by atoms with Crippen LogP contribution in [0.15, 0.2) is 53.4 Å². The first-order chi connectivity index (χ1) is 12.8. The fourth-order valence-corrected chi connectivity index (χ4v) is 3.03. The van der Waals surface area contributed by atoms with Crippen molar-refractivity contribution in [3.05, 3.63) is 48.5 Å². The number of ether oxygens (including phenoxy) is 3. The number of amides is 1. The highest BCUT2D eigenvalue weighted by Crippen LogP contribution is 2.31. The van der Waals surface area contributed by atoms with Crippen LogP contribution >= 0.6 is 0 Å². The van der Waals surface area contributed by atoms with Crippen molar-refractivity contribution in [3.8, 4) is 11.5 Å². The molecule has 1 atom stereocenters. The minimum Gasteiger partial charge on any atom is -0.485 e. The second-order valence-corrected chi connectivity index (χ2v) is 7.84. The summed E-state index contributed by atoms with van der Waals surface area (Å²) in [5.41, 5.74) is 0.283. The van der Waals surface area contributed by atoms with E-state index in [1.165, 1.54) is 24.3 Å². The molecule has 1 heterocycles. The van der Waals surface area contributed by atoms with E-state index in [4.69, 9.17) is 14.2 Å². The molecule has 27 heavy (non-hydrogen) atoms. The quantitative estimate of drug-likeness (QED) is 0.768. The van der Waals surface area contributed by atoms with Gasteiger partial charge in [0.15, 0.2) is 27.9 Å². The number of fused-ring (bicyclic) bond motifs is 1. The fourth-order valence-electron chi connectivity index (χ4n) is 2.37. The van der Waals surface area contributed by atoms with Gasteiger partial charge in [0.2, 0.25) is 6.10 Å². The van der Waals surface area contributed by atoms with Crippen LogP contribution in [0.2, 0.25) is 0 Å². The number of carbonyl (C=O) groups excluding carboxylic acids is 2. The number of sulfone groups is 1. The number of anilines is 1. The second-order valence-electron chi connectivity index (χ2n) is 5.82. The molecule has 0 aliphatic carbocycles. The number of rotatable bonds is 5. The summed E-state index contributed by atoms with van der Waals surface area (Å²) in [7, 11) is -3.39. The second kappa shape index (κ2) is 7.67. The minimum absolute atomic E-state index is 0.0200. The van der Waals surface area contributed by atoms with E-state index in [-0.39, 0.29) is 17.2 Å². The molecule has 0 spiro atoms. The standard InChI is InChI=1S/C18H17NO7S/c1-27(22,23)13-6-4-5-12(9-13)19-17(20)11-25-18(21)16-10-24-14-7-2-3-8-15(14)26-16/h2-9,16H,10-11H2,1H3,(H,19,20)/t16-/m0/s1. The van der Waals surface area contributed by atoms with Gasteiger partial charge in [-0.05, 0) is 30.3 Å². The van der Waals surface area contributed by atoms with Crippen LogP contribution in [0.25, 0.3) is 0 Å². The van der Waals surface area contributed by atoms with Crippen molar-refractivity contribution in [2.24, 2.45) is 0 Å². The van der Waals surface area contributed by atoms with Crippen molar-refractivity contribution >= 4 is 27.4 Å². The highest BCUT2D eigenvalue weighted by Gasteiger charge is 2.29. The van der Waals surface area contributed by atoms with E-state index in [0.29, 0.717) is 11.5 Å². The van der Waals surface area contributed by atoms with Crippen LogP contribution in [-0.2, 0) is 24.2 Å². The average Bonchev–Trinajstić information content (AvgIpc) is 2.65. The third-order valence-electron chi connectivity index (χ3n) is 3.66. The smallest absolute Gasteiger partial charge is 0.351 e. The van der Waals surface area contributed by atoms with Gasteiger partial charge in [-0.15, -0.1) is 0 Å². The SMILES string of the molecule is CS(=O)(=O)c1cccc(NC(=O)COC(=O)[C@@H]2COc3ccccc3O2)c1. The first kappa shape index (κ1) is 18.7. The Kier molecular flexibility index (Phi) is 5.31. The third-order valence-corrected chi connectivity index (χ3v) is 4.77. The normalized spacial score (nSPS) is 15.7. The maximum Gasteiger partial charge on any atom is 0.351 e. The first-order valence-electron chi connectivity index (χ1n) is 7.98. The van der Waals surface area contributed by atoms with Crippen molar-refractivity contribution in [2.75, 3.05) is 24.8 Å². The summed E-state index contributed by atoms with van der Waals surface area (Å²) in [6.07, 6.45) is 0.0985. The van der Waals surface area contributed by atoms with Crippen LogP contribution in [0.3, 0.4) is 0 Å². The highest BCUT2D eigenvalue weighted by molar-refractivity contribution is 7.90. The molecule has 0 aromatic heterocycles. The van der Waals surface area contributed by atoms with E-state index < -0.39 is 34.4 Å². The summed E-state index contributed by atoms with van der Waals surface area (Å²) in [5, 5.41) is 2.48. The molecule has 0 saturated heterocycles. The minimum atomic E-state index is -3.39. The predicted octanol–water partition coefficient (Wildman–Crippen LogP) is 1.41. The van der Waals surface area contributed by atoms with Crippen LogP contribution in [0, 0.1) is 0 Å². The number of esters is 1. The molecule has 0 saturated carbocycles.